The van der Waals surface area contributed by atoms with E-state index in [1.807, 2.05) is 0 Å². The normalized spacial score (nSPS) is 15.4. The van der Waals surface area contributed by atoms with Gasteiger partial charge in [-0.25, -0.2) is 12.7 Å². The van der Waals surface area contributed by atoms with Gasteiger partial charge in [0.1, 0.15) is 23.4 Å². The summed E-state index contributed by atoms with van der Waals surface area (Å²) in [6.45, 7) is 0.623. The average Bonchev–Trinajstić information content (AvgIpc) is 3.58. The molecule has 1 aliphatic heterocycles. The summed E-state index contributed by atoms with van der Waals surface area (Å²) in [6.07, 6.45) is -0.140. The Labute approximate surface area is 173 Å². The van der Waals surface area contributed by atoms with Crippen LogP contribution >= 0.6 is 0 Å². The summed E-state index contributed by atoms with van der Waals surface area (Å²) in [5.41, 5.74) is 0.601. The number of benzene rings is 3. The molecule has 30 heavy (non-hydrogen) atoms. The topological polar surface area (TPSA) is 102 Å². The van der Waals surface area contributed by atoms with Gasteiger partial charge < -0.3 is 9.47 Å². The van der Waals surface area contributed by atoms with E-state index >= 15 is 0 Å². The maximum atomic E-state index is 13.7. The molecule has 1 heterocycles. The molecular formula is C21H18N2O6S. The van der Waals surface area contributed by atoms with E-state index in [-0.39, 0.29) is 29.0 Å². The van der Waals surface area contributed by atoms with E-state index in [1.165, 1.54) is 10.4 Å². The van der Waals surface area contributed by atoms with Crippen LogP contribution in [0.25, 0.3) is 0 Å². The molecule has 0 spiro atoms. The number of hydrogen-bond donors (Lipinski definition) is 0. The number of ether oxygens (including phenoxy) is 2. The average molecular weight is 426 g/mol. The van der Waals surface area contributed by atoms with E-state index < -0.39 is 14.9 Å². The minimum atomic E-state index is -4.16. The molecule has 0 N–H and O–H groups in total. The van der Waals surface area contributed by atoms with Crippen LogP contribution in [-0.2, 0) is 14.8 Å². The van der Waals surface area contributed by atoms with Crippen LogP contribution in [0.2, 0.25) is 0 Å². The van der Waals surface area contributed by atoms with Gasteiger partial charge in [0.2, 0.25) is 0 Å². The molecule has 0 aliphatic carbocycles. The number of rotatable bonds is 8. The third-order valence-corrected chi connectivity index (χ3v) is 6.26. The van der Waals surface area contributed by atoms with E-state index in [0.29, 0.717) is 18.0 Å². The van der Waals surface area contributed by atoms with Crippen LogP contribution in [0.15, 0.2) is 83.8 Å². The molecule has 3 aromatic carbocycles. The van der Waals surface area contributed by atoms with Crippen molar-refractivity contribution < 1.29 is 22.8 Å². The molecule has 0 radical (unpaired) electrons. The number of hydrogen-bond acceptors (Lipinski definition) is 6. The first-order valence-corrected chi connectivity index (χ1v) is 10.6. The first-order chi connectivity index (χ1) is 14.5. The molecule has 0 saturated carbocycles. The van der Waals surface area contributed by atoms with Crippen molar-refractivity contribution in [1.29, 1.82) is 0 Å². The van der Waals surface area contributed by atoms with Crippen molar-refractivity contribution in [3.05, 3.63) is 89.0 Å². The summed E-state index contributed by atoms with van der Waals surface area (Å²) < 4.78 is 39.4. The summed E-state index contributed by atoms with van der Waals surface area (Å²) >= 11 is 0. The zero-order valence-electron chi connectivity index (χ0n) is 15.7. The van der Waals surface area contributed by atoms with E-state index in [0.717, 1.165) is 12.1 Å². The van der Waals surface area contributed by atoms with Crippen molar-refractivity contribution in [3.8, 4) is 5.75 Å². The molecule has 0 bridgehead atoms. The number of sulfonamides is 1. The summed E-state index contributed by atoms with van der Waals surface area (Å²) in [7, 11) is -4.16. The first kappa shape index (κ1) is 19.9. The highest BCUT2D eigenvalue weighted by molar-refractivity contribution is 7.93. The van der Waals surface area contributed by atoms with E-state index in [2.05, 4.69) is 0 Å². The Morgan fingerprint density at radius 3 is 2.07 bits per heavy atom. The van der Waals surface area contributed by atoms with E-state index in [9.17, 15) is 18.5 Å². The van der Waals surface area contributed by atoms with Crippen LogP contribution in [0.3, 0.4) is 0 Å². The van der Waals surface area contributed by atoms with Gasteiger partial charge in [0.05, 0.1) is 29.0 Å². The Kier molecular flexibility index (Phi) is 5.39. The van der Waals surface area contributed by atoms with Gasteiger partial charge in [-0.15, -0.1) is 0 Å². The van der Waals surface area contributed by atoms with Crippen molar-refractivity contribution in [2.75, 3.05) is 17.5 Å². The Balaban J connectivity index is 1.84. The fourth-order valence-corrected chi connectivity index (χ4v) is 4.54. The van der Waals surface area contributed by atoms with Gasteiger partial charge in [-0.2, -0.15) is 0 Å². The second kappa shape index (κ2) is 8.13. The molecular weight excluding hydrogens is 408 g/mol. The fraction of sp³-hybridized carbons (Fsp3) is 0.143. The number of non-ortho nitro benzene ring substituents is 1. The van der Waals surface area contributed by atoms with Gasteiger partial charge in [0.15, 0.2) is 0 Å². The number of epoxide rings is 1. The van der Waals surface area contributed by atoms with Gasteiger partial charge in [0.25, 0.3) is 15.7 Å². The number of para-hydroxylation sites is 2. The lowest BCUT2D eigenvalue weighted by Crippen LogP contribution is -2.27. The molecule has 4 rings (SSSR count). The summed E-state index contributed by atoms with van der Waals surface area (Å²) in [5, 5.41) is 11.2. The SMILES string of the molecule is O=[N+]([O-])c1ccc(S(=O)(=O)N(c2ccccc2)c2ccccc2)c(OCC2CO2)c1. The molecule has 154 valence electrons. The zero-order chi connectivity index (χ0) is 21.1. The van der Waals surface area contributed by atoms with Gasteiger partial charge >= 0.3 is 0 Å². The lowest BCUT2D eigenvalue weighted by Gasteiger charge is -2.25. The van der Waals surface area contributed by atoms with Gasteiger partial charge in [-0.05, 0) is 30.3 Å². The minimum Gasteiger partial charge on any atom is -0.489 e. The molecule has 1 aliphatic rings. The molecule has 1 atom stereocenters. The molecule has 0 aromatic heterocycles. The molecule has 0 amide bonds. The van der Waals surface area contributed by atoms with Gasteiger partial charge in [0, 0.05) is 6.07 Å². The maximum Gasteiger partial charge on any atom is 0.273 e. The maximum absolute atomic E-state index is 13.7. The predicted octanol–water partition coefficient (Wildman–Crippen LogP) is 3.90. The van der Waals surface area contributed by atoms with E-state index in [4.69, 9.17) is 9.47 Å². The summed E-state index contributed by atoms with van der Waals surface area (Å²) in [5.74, 6) is -0.0865. The minimum absolute atomic E-state index is 0.0865. The largest absolute Gasteiger partial charge is 0.489 e. The smallest absolute Gasteiger partial charge is 0.273 e. The first-order valence-electron chi connectivity index (χ1n) is 9.15. The van der Waals surface area contributed by atoms with Crippen molar-refractivity contribution in [3.63, 3.8) is 0 Å². The van der Waals surface area contributed by atoms with Gasteiger partial charge in [-0.1, -0.05) is 36.4 Å². The Hall–Kier alpha value is -3.43. The third kappa shape index (κ3) is 4.12. The lowest BCUT2D eigenvalue weighted by molar-refractivity contribution is -0.385. The van der Waals surface area contributed by atoms with Crippen LogP contribution in [0.5, 0.6) is 5.75 Å². The second-order valence-electron chi connectivity index (χ2n) is 6.60. The molecule has 9 heteroatoms. The quantitative estimate of drug-likeness (QED) is 0.308. The van der Waals surface area contributed by atoms with Crippen molar-refractivity contribution in [2.45, 2.75) is 11.0 Å². The van der Waals surface area contributed by atoms with Crippen LogP contribution in [0.1, 0.15) is 0 Å². The Bertz CT molecular complexity index is 1110. The monoisotopic (exact) mass is 426 g/mol. The zero-order valence-corrected chi connectivity index (χ0v) is 16.6. The van der Waals surface area contributed by atoms with E-state index in [1.54, 1.807) is 60.7 Å². The summed E-state index contributed by atoms with van der Waals surface area (Å²) in [4.78, 5) is 10.4. The highest BCUT2D eigenvalue weighted by atomic mass is 32.2. The Morgan fingerprint density at radius 1 is 1.00 bits per heavy atom. The van der Waals surface area contributed by atoms with Crippen LogP contribution in [-0.4, -0.2) is 32.7 Å². The van der Waals surface area contributed by atoms with Crippen molar-refractivity contribution >= 4 is 27.1 Å². The molecule has 1 unspecified atom stereocenters. The summed E-state index contributed by atoms with van der Waals surface area (Å²) in [6, 6.07) is 20.7. The molecule has 8 nitrogen and oxygen atoms in total. The van der Waals surface area contributed by atoms with Crippen LogP contribution in [0.4, 0.5) is 17.1 Å². The van der Waals surface area contributed by atoms with Crippen LogP contribution < -0.4 is 9.04 Å². The third-order valence-electron chi connectivity index (χ3n) is 4.46. The van der Waals surface area contributed by atoms with Crippen molar-refractivity contribution in [2.24, 2.45) is 0 Å². The fourth-order valence-electron chi connectivity index (χ4n) is 2.93. The van der Waals surface area contributed by atoms with Crippen molar-refractivity contribution in [1.82, 2.24) is 0 Å². The molecule has 1 saturated heterocycles. The number of nitrogens with zero attached hydrogens (tertiary/aromatic N) is 2. The predicted molar refractivity (Wildman–Crippen MR) is 111 cm³/mol. The number of nitro benzene ring substituents is 1. The Morgan fingerprint density at radius 2 is 1.57 bits per heavy atom. The molecule has 3 aromatic rings. The standard InChI is InChI=1S/C21H18N2O6S/c24-23(25)18-11-12-21(20(13-18)29-15-19-14-28-19)30(26,27)22(16-7-3-1-4-8-16)17-9-5-2-6-10-17/h1-13,19H,14-15H2. The number of anilines is 2. The van der Waals surface area contributed by atoms with Crippen LogP contribution in [0, 0.1) is 10.1 Å². The highest BCUT2D eigenvalue weighted by Crippen LogP contribution is 2.37. The van der Waals surface area contributed by atoms with Gasteiger partial charge in [-0.3, -0.25) is 10.1 Å². The lowest BCUT2D eigenvalue weighted by atomic mass is 10.3. The number of nitro groups is 1. The highest BCUT2D eigenvalue weighted by Gasteiger charge is 2.32. The second-order valence-corrected chi connectivity index (χ2v) is 8.35. The molecule has 1 fully saturated rings.